The molecule has 0 radical (unpaired) electrons. The van der Waals surface area contributed by atoms with E-state index in [0.29, 0.717) is 0 Å². The summed E-state index contributed by atoms with van der Waals surface area (Å²) in [4.78, 5) is 0. The van der Waals surface area contributed by atoms with Gasteiger partial charge < -0.3 is 5.32 Å². The van der Waals surface area contributed by atoms with Crippen LogP contribution in [0.15, 0.2) is 0 Å². The molecule has 0 aromatic carbocycles. The van der Waals surface area contributed by atoms with Crippen molar-refractivity contribution in [2.24, 2.45) is 13.0 Å². The van der Waals surface area contributed by atoms with Crippen LogP contribution in [0.2, 0.25) is 0 Å². The molecule has 0 aliphatic heterocycles. The summed E-state index contributed by atoms with van der Waals surface area (Å²) in [7, 11) is 1.84. The van der Waals surface area contributed by atoms with Crippen molar-refractivity contribution < 1.29 is 0 Å². The fourth-order valence-electron chi connectivity index (χ4n) is 1.38. The highest BCUT2D eigenvalue weighted by atomic mass is 15.6. The Kier molecular flexibility index (Phi) is 2.42. The van der Waals surface area contributed by atoms with Crippen LogP contribution in [0.4, 0.5) is 5.95 Å². The number of rotatable bonds is 5. The second-order valence-electron chi connectivity index (χ2n) is 3.64. The zero-order valence-electron chi connectivity index (χ0n) is 7.90. The van der Waals surface area contributed by atoms with E-state index in [1.54, 1.807) is 4.68 Å². The highest BCUT2D eigenvalue weighted by molar-refractivity contribution is 5.20. The monoisotopic (exact) mass is 181 g/mol. The number of aromatic nitrogens is 4. The Morgan fingerprint density at radius 2 is 2.38 bits per heavy atom. The minimum absolute atomic E-state index is 0.760. The van der Waals surface area contributed by atoms with Crippen LogP contribution in [0, 0.1) is 5.92 Å². The highest BCUT2D eigenvalue weighted by Crippen LogP contribution is 2.33. The second-order valence-corrected chi connectivity index (χ2v) is 3.64. The van der Waals surface area contributed by atoms with Gasteiger partial charge in [-0.3, -0.25) is 0 Å². The van der Waals surface area contributed by atoms with Gasteiger partial charge in [-0.25, -0.2) is 4.68 Å². The second kappa shape index (κ2) is 3.72. The summed E-state index contributed by atoms with van der Waals surface area (Å²) in [5.74, 6) is 1.77. The van der Waals surface area contributed by atoms with Crippen LogP contribution in [0.1, 0.15) is 25.7 Å². The summed E-state index contributed by atoms with van der Waals surface area (Å²) in [6.07, 6.45) is 5.44. The van der Waals surface area contributed by atoms with Gasteiger partial charge in [0, 0.05) is 13.6 Å². The predicted molar refractivity (Wildman–Crippen MR) is 49.2 cm³/mol. The summed E-state index contributed by atoms with van der Waals surface area (Å²) in [6, 6.07) is 0. The molecule has 5 nitrogen and oxygen atoms in total. The van der Waals surface area contributed by atoms with Gasteiger partial charge in [0.25, 0.3) is 0 Å². The van der Waals surface area contributed by atoms with Crippen molar-refractivity contribution in [3.8, 4) is 0 Å². The minimum Gasteiger partial charge on any atom is -0.353 e. The van der Waals surface area contributed by atoms with Gasteiger partial charge in [0.15, 0.2) is 0 Å². The Balaban J connectivity index is 1.64. The molecule has 0 spiro atoms. The summed E-state index contributed by atoms with van der Waals surface area (Å²) in [5, 5.41) is 14.3. The maximum atomic E-state index is 3.84. The lowest BCUT2D eigenvalue weighted by Crippen LogP contribution is -2.07. The van der Waals surface area contributed by atoms with Gasteiger partial charge in [0.1, 0.15) is 0 Å². The van der Waals surface area contributed by atoms with Gasteiger partial charge in [0.05, 0.1) is 0 Å². The van der Waals surface area contributed by atoms with Crippen LogP contribution < -0.4 is 5.32 Å². The SMILES string of the molecule is Cn1nnnc1NCCCC1CC1. The van der Waals surface area contributed by atoms with Crippen molar-refractivity contribution in [1.29, 1.82) is 0 Å². The van der Waals surface area contributed by atoms with Crippen LogP contribution in [0.25, 0.3) is 0 Å². The fraction of sp³-hybridized carbons (Fsp3) is 0.875. The zero-order valence-corrected chi connectivity index (χ0v) is 7.90. The molecule has 1 saturated carbocycles. The number of nitrogens with zero attached hydrogens (tertiary/aromatic N) is 4. The number of tetrazole rings is 1. The molecule has 1 N–H and O–H groups in total. The molecule has 13 heavy (non-hydrogen) atoms. The van der Waals surface area contributed by atoms with Crippen LogP contribution in [0.3, 0.4) is 0 Å². The number of nitrogens with one attached hydrogen (secondary N) is 1. The number of aryl methyl sites for hydroxylation is 1. The number of hydrogen-bond donors (Lipinski definition) is 1. The molecule has 0 unspecified atom stereocenters. The molecule has 0 saturated heterocycles. The Morgan fingerprint density at radius 1 is 1.54 bits per heavy atom. The summed E-state index contributed by atoms with van der Waals surface area (Å²) < 4.78 is 1.65. The van der Waals surface area contributed by atoms with Gasteiger partial charge in [-0.15, -0.1) is 0 Å². The molecule has 0 atom stereocenters. The fourth-order valence-corrected chi connectivity index (χ4v) is 1.38. The third-order valence-electron chi connectivity index (χ3n) is 2.39. The van der Waals surface area contributed by atoms with Crippen molar-refractivity contribution in [3.63, 3.8) is 0 Å². The molecular weight excluding hydrogens is 166 g/mol. The predicted octanol–water partition coefficient (Wildman–Crippen LogP) is 0.812. The maximum Gasteiger partial charge on any atom is 0.242 e. The van der Waals surface area contributed by atoms with Crippen molar-refractivity contribution in [3.05, 3.63) is 0 Å². The van der Waals surface area contributed by atoms with E-state index in [2.05, 4.69) is 20.8 Å². The Hall–Kier alpha value is -1.13. The van der Waals surface area contributed by atoms with Gasteiger partial charge in [0.2, 0.25) is 5.95 Å². The van der Waals surface area contributed by atoms with E-state index in [9.17, 15) is 0 Å². The van der Waals surface area contributed by atoms with Crippen LogP contribution >= 0.6 is 0 Å². The summed E-state index contributed by atoms with van der Waals surface area (Å²) >= 11 is 0. The molecule has 0 amide bonds. The molecule has 0 bridgehead atoms. The van der Waals surface area contributed by atoms with E-state index in [1.807, 2.05) is 7.05 Å². The lowest BCUT2D eigenvalue weighted by molar-refractivity contribution is 0.676. The first-order valence-electron chi connectivity index (χ1n) is 4.82. The third-order valence-corrected chi connectivity index (χ3v) is 2.39. The molecule has 1 fully saturated rings. The highest BCUT2D eigenvalue weighted by Gasteiger charge is 2.19. The standard InChI is InChI=1S/C8H15N5/c1-13-8(10-11-12-13)9-6-2-3-7-4-5-7/h7H,2-6H2,1H3,(H,9,10,12). The van der Waals surface area contributed by atoms with Gasteiger partial charge in [-0.05, 0) is 29.2 Å². The van der Waals surface area contributed by atoms with E-state index >= 15 is 0 Å². The largest absolute Gasteiger partial charge is 0.353 e. The lowest BCUT2D eigenvalue weighted by atomic mass is 10.2. The summed E-state index contributed by atoms with van der Waals surface area (Å²) in [6.45, 7) is 0.977. The van der Waals surface area contributed by atoms with Crippen molar-refractivity contribution in [1.82, 2.24) is 20.2 Å². The van der Waals surface area contributed by atoms with Crippen LogP contribution in [0.5, 0.6) is 0 Å². The Morgan fingerprint density at radius 3 is 3.00 bits per heavy atom. The first-order valence-corrected chi connectivity index (χ1v) is 4.82. The first-order chi connectivity index (χ1) is 6.36. The molecule has 1 aromatic rings. The maximum absolute atomic E-state index is 3.84. The van der Waals surface area contributed by atoms with E-state index < -0.39 is 0 Å². The number of anilines is 1. The minimum atomic E-state index is 0.760. The number of hydrogen-bond acceptors (Lipinski definition) is 4. The van der Waals surface area contributed by atoms with Gasteiger partial charge in [-0.2, -0.15) is 0 Å². The van der Waals surface area contributed by atoms with Crippen molar-refractivity contribution in [2.75, 3.05) is 11.9 Å². The molecule has 1 heterocycles. The van der Waals surface area contributed by atoms with E-state index in [4.69, 9.17) is 0 Å². The molecule has 72 valence electrons. The van der Waals surface area contributed by atoms with Gasteiger partial charge >= 0.3 is 0 Å². The zero-order chi connectivity index (χ0) is 9.10. The molecule has 2 rings (SSSR count). The van der Waals surface area contributed by atoms with E-state index in [1.165, 1.54) is 25.7 Å². The third kappa shape index (κ3) is 2.40. The van der Waals surface area contributed by atoms with Gasteiger partial charge in [-0.1, -0.05) is 17.9 Å². The molecule has 5 heteroatoms. The normalized spacial score (nSPS) is 16.1. The van der Waals surface area contributed by atoms with Crippen LogP contribution in [-0.4, -0.2) is 26.8 Å². The Bertz CT molecular complexity index is 265. The quantitative estimate of drug-likeness (QED) is 0.683. The van der Waals surface area contributed by atoms with Crippen molar-refractivity contribution >= 4 is 5.95 Å². The van der Waals surface area contributed by atoms with E-state index in [-0.39, 0.29) is 0 Å². The smallest absolute Gasteiger partial charge is 0.242 e. The molecule has 1 aromatic heterocycles. The molecule has 1 aliphatic rings. The first kappa shape index (κ1) is 8.47. The molecule has 1 aliphatic carbocycles. The average Bonchev–Trinajstić information content (AvgIpc) is 2.86. The summed E-state index contributed by atoms with van der Waals surface area (Å²) in [5.41, 5.74) is 0. The van der Waals surface area contributed by atoms with Crippen molar-refractivity contribution in [2.45, 2.75) is 25.7 Å². The average molecular weight is 181 g/mol. The van der Waals surface area contributed by atoms with Crippen LogP contribution in [-0.2, 0) is 7.05 Å². The molecular formula is C8H15N5. The Labute approximate surface area is 77.5 Å². The van der Waals surface area contributed by atoms with E-state index in [0.717, 1.165) is 18.4 Å². The topological polar surface area (TPSA) is 55.6 Å². The lowest BCUT2D eigenvalue weighted by Gasteiger charge is -2.02.